The number of benzene rings is 1. The second-order valence-corrected chi connectivity index (χ2v) is 7.33. The van der Waals surface area contributed by atoms with Crippen LogP contribution in [0, 0.1) is 0 Å². The zero-order valence-electron chi connectivity index (χ0n) is 17.0. The summed E-state index contributed by atoms with van der Waals surface area (Å²) in [6.07, 6.45) is -8.34. The average Bonchev–Trinajstić information content (AvgIpc) is 3.42. The van der Waals surface area contributed by atoms with Gasteiger partial charge in [0.05, 0.1) is 12.1 Å². The SMILES string of the molecule is CC(Oc1ccc(-c2nc(C3(C(=O)O)C=CNC4=NCC=C43)no2)cc1C(F)(F)F)C(F)(F)F. The van der Waals surface area contributed by atoms with E-state index in [2.05, 4.69) is 25.2 Å². The number of fused-ring (bicyclic) bond motifs is 1. The van der Waals surface area contributed by atoms with E-state index in [9.17, 15) is 36.2 Å². The maximum absolute atomic E-state index is 13.6. The van der Waals surface area contributed by atoms with Gasteiger partial charge in [0.2, 0.25) is 0 Å². The van der Waals surface area contributed by atoms with Crippen LogP contribution in [0.25, 0.3) is 11.5 Å². The van der Waals surface area contributed by atoms with Gasteiger partial charge < -0.3 is 19.7 Å². The summed E-state index contributed by atoms with van der Waals surface area (Å²) in [6, 6.07) is 2.19. The molecule has 1 aromatic heterocycles. The number of aliphatic carboxylic acids is 1. The number of carboxylic acid groups (broad SMARTS) is 1. The van der Waals surface area contributed by atoms with Gasteiger partial charge in [-0.3, -0.25) is 9.79 Å². The molecule has 34 heavy (non-hydrogen) atoms. The maximum Gasteiger partial charge on any atom is 0.425 e. The van der Waals surface area contributed by atoms with Crippen LogP contribution < -0.4 is 10.1 Å². The number of ether oxygens (including phenoxy) is 1. The van der Waals surface area contributed by atoms with Gasteiger partial charge in [-0.1, -0.05) is 11.2 Å². The lowest BCUT2D eigenvalue weighted by molar-refractivity contribution is -0.191. The van der Waals surface area contributed by atoms with Crippen molar-refractivity contribution >= 4 is 11.8 Å². The number of aromatic nitrogens is 2. The van der Waals surface area contributed by atoms with E-state index < -0.39 is 47.0 Å². The fourth-order valence-electron chi connectivity index (χ4n) is 3.44. The molecule has 1 aromatic carbocycles. The molecule has 2 N–H and O–H groups in total. The van der Waals surface area contributed by atoms with E-state index in [-0.39, 0.29) is 29.3 Å². The Labute approximate surface area is 186 Å². The second kappa shape index (κ2) is 7.88. The van der Waals surface area contributed by atoms with Gasteiger partial charge in [0.25, 0.3) is 5.89 Å². The van der Waals surface area contributed by atoms with Crippen LogP contribution in [0.1, 0.15) is 18.3 Å². The van der Waals surface area contributed by atoms with Crippen LogP contribution in [0.5, 0.6) is 5.75 Å². The number of aliphatic imine (C=N–C) groups is 1. The first-order valence-corrected chi connectivity index (χ1v) is 9.56. The fraction of sp³-hybridized carbons (Fsp3) is 0.300. The number of hydrogen-bond donors (Lipinski definition) is 2. The minimum Gasteiger partial charge on any atom is -0.481 e. The average molecular weight is 488 g/mol. The molecule has 14 heteroatoms. The van der Waals surface area contributed by atoms with Gasteiger partial charge >= 0.3 is 18.3 Å². The molecule has 0 bridgehead atoms. The van der Waals surface area contributed by atoms with Crippen LogP contribution in [0.2, 0.25) is 0 Å². The Morgan fingerprint density at radius 3 is 2.65 bits per heavy atom. The molecule has 2 unspecified atom stereocenters. The molecular weight excluding hydrogens is 474 g/mol. The van der Waals surface area contributed by atoms with Crippen molar-refractivity contribution < 1.29 is 45.5 Å². The Morgan fingerprint density at radius 1 is 1.26 bits per heavy atom. The second-order valence-electron chi connectivity index (χ2n) is 7.33. The smallest absolute Gasteiger partial charge is 0.425 e. The van der Waals surface area contributed by atoms with Gasteiger partial charge in [0.15, 0.2) is 17.3 Å². The Bertz CT molecular complexity index is 1230. The van der Waals surface area contributed by atoms with Crippen LogP contribution in [-0.2, 0) is 16.4 Å². The molecule has 2 atom stereocenters. The summed E-state index contributed by atoms with van der Waals surface area (Å²) in [4.78, 5) is 20.3. The highest BCUT2D eigenvalue weighted by atomic mass is 19.4. The highest BCUT2D eigenvalue weighted by Crippen LogP contribution is 2.41. The van der Waals surface area contributed by atoms with Crippen molar-refractivity contribution in [3.05, 3.63) is 53.5 Å². The number of carboxylic acids is 1. The lowest BCUT2D eigenvalue weighted by atomic mass is 9.77. The maximum atomic E-state index is 13.6. The molecule has 180 valence electrons. The molecule has 2 aliphatic heterocycles. The molecule has 0 saturated carbocycles. The summed E-state index contributed by atoms with van der Waals surface area (Å²) in [5.41, 5.74) is -3.47. The van der Waals surface area contributed by atoms with Gasteiger partial charge in [-0.15, -0.1) is 0 Å². The molecule has 0 amide bonds. The van der Waals surface area contributed by atoms with Crippen LogP contribution in [0.15, 0.2) is 51.6 Å². The Morgan fingerprint density at radius 2 is 2.00 bits per heavy atom. The summed E-state index contributed by atoms with van der Waals surface area (Å²) >= 11 is 0. The Hall–Kier alpha value is -3.84. The van der Waals surface area contributed by atoms with E-state index in [4.69, 9.17) is 4.52 Å². The molecule has 0 radical (unpaired) electrons. The molecule has 0 saturated heterocycles. The number of amidine groups is 1. The summed E-state index contributed by atoms with van der Waals surface area (Å²) < 4.78 is 88.5. The third kappa shape index (κ3) is 3.88. The van der Waals surface area contributed by atoms with E-state index in [1.165, 1.54) is 18.4 Å². The highest BCUT2D eigenvalue weighted by Gasteiger charge is 2.50. The van der Waals surface area contributed by atoms with Crippen LogP contribution in [-0.4, -0.2) is 45.9 Å². The zero-order valence-corrected chi connectivity index (χ0v) is 17.0. The lowest BCUT2D eigenvalue weighted by Gasteiger charge is -2.28. The zero-order chi connectivity index (χ0) is 24.9. The molecular formula is C20H14F6N4O4. The fourth-order valence-corrected chi connectivity index (χ4v) is 3.44. The van der Waals surface area contributed by atoms with E-state index in [0.717, 1.165) is 6.07 Å². The van der Waals surface area contributed by atoms with Crippen molar-refractivity contribution in [1.29, 1.82) is 0 Å². The summed E-state index contributed by atoms with van der Waals surface area (Å²) in [6.45, 7) is 0.775. The van der Waals surface area contributed by atoms with Crippen LogP contribution in [0.3, 0.4) is 0 Å². The molecule has 3 heterocycles. The largest absolute Gasteiger partial charge is 0.481 e. The van der Waals surface area contributed by atoms with E-state index >= 15 is 0 Å². The third-order valence-electron chi connectivity index (χ3n) is 5.19. The number of alkyl halides is 6. The number of rotatable bonds is 5. The first kappa shape index (κ1) is 23.3. The molecule has 8 nitrogen and oxygen atoms in total. The number of nitrogens with one attached hydrogen (secondary N) is 1. The predicted molar refractivity (Wildman–Crippen MR) is 103 cm³/mol. The minimum absolute atomic E-state index is 0.200. The van der Waals surface area contributed by atoms with Crippen molar-refractivity contribution in [1.82, 2.24) is 15.5 Å². The third-order valence-corrected chi connectivity index (χ3v) is 5.19. The van der Waals surface area contributed by atoms with E-state index in [1.54, 1.807) is 0 Å². The van der Waals surface area contributed by atoms with Crippen molar-refractivity contribution in [2.75, 3.05) is 6.54 Å². The lowest BCUT2D eigenvalue weighted by Crippen LogP contribution is -2.45. The van der Waals surface area contributed by atoms with Gasteiger partial charge in [-0.2, -0.15) is 31.3 Å². The van der Waals surface area contributed by atoms with Gasteiger partial charge in [0.1, 0.15) is 11.6 Å². The summed E-state index contributed by atoms with van der Waals surface area (Å²) in [5, 5.41) is 16.4. The number of hydrogen-bond acceptors (Lipinski definition) is 7. The van der Waals surface area contributed by atoms with Gasteiger partial charge in [0, 0.05) is 17.3 Å². The normalized spacial score (nSPS) is 20.8. The van der Waals surface area contributed by atoms with Crippen molar-refractivity contribution in [3.63, 3.8) is 0 Å². The Kier molecular flexibility index (Phi) is 5.41. The molecule has 0 aliphatic carbocycles. The quantitative estimate of drug-likeness (QED) is 0.615. The first-order chi connectivity index (χ1) is 15.8. The predicted octanol–water partition coefficient (Wildman–Crippen LogP) is 3.86. The van der Waals surface area contributed by atoms with Crippen molar-refractivity contribution in [2.45, 2.75) is 30.8 Å². The summed E-state index contributed by atoms with van der Waals surface area (Å²) in [7, 11) is 0. The van der Waals surface area contributed by atoms with Gasteiger partial charge in [-0.25, -0.2) is 0 Å². The number of halogens is 6. The first-order valence-electron chi connectivity index (χ1n) is 9.56. The molecule has 2 aliphatic rings. The standard InChI is InChI=1S/C20H14F6N4O4/c1-9(19(21,22)23)33-13-3-2-10(8-12(13)20(24,25)26)15-29-16(30-34-15)18(17(31)32)5-7-28-14-11(18)4-6-27-14/h2-5,7-9H,6H2,1H3,(H,27,28)(H,31,32). The van der Waals surface area contributed by atoms with E-state index in [1.807, 2.05) is 0 Å². The monoisotopic (exact) mass is 488 g/mol. The van der Waals surface area contributed by atoms with Gasteiger partial charge in [-0.05, 0) is 31.2 Å². The topological polar surface area (TPSA) is 110 Å². The number of nitrogens with zero attached hydrogens (tertiary/aromatic N) is 3. The highest BCUT2D eigenvalue weighted by molar-refractivity contribution is 6.10. The Balaban J connectivity index is 1.75. The van der Waals surface area contributed by atoms with Crippen LogP contribution in [0.4, 0.5) is 26.3 Å². The number of carbonyl (C=O) groups is 1. The molecule has 0 spiro atoms. The molecule has 0 fully saturated rings. The van der Waals surface area contributed by atoms with E-state index in [0.29, 0.717) is 19.1 Å². The van der Waals surface area contributed by atoms with Crippen molar-refractivity contribution in [2.24, 2.45) is 4.99 Å². The molecule has 4 rings (SSSR count). The summed E-state index contributed by atoms with van der Waals surface area (Å²) in [5.74, 6) is -2.98. The van der Waals surface area contributed by atoms with Crippen LogP contribution >= 0.6 is 0 Å². The van der Waals surface area contributed by atoms with Crippen molar-refractivity contribution in [3.8, 4) is 17.2 Å². The minimum atomic E-state index is -5.07. The molecule has 2 aromatic rings.